The summed E-state index contributed by atoms with van der Waals surface area (Å²) in [5.74, 6) is 2.64. The van der Waals surface area contributed by atoms with E-state index >= 15 is 0 Å². The van der Waals surface area contributed by atoms with Crippen molar-refractivity contribution in [2.24, 2.45) is 11.8 Å². The standard InChI is InChI=1S/C23H33N5O2/c1-2-3-5-18-6-8-19(9-7-18)23(29)27-16-12-20(13-17-27)30-22-11-10-21(25-26-22)28-15-4-14-24-28/h4,10-11,14-15,18-20H,2-3,5-9,12-13,16-17H2,1H3. The van der Waals surface area contributed by atoms with E-state index in [2.05, 4.69) is 27.1 Å². The summed E-state index contributed by atoms with van der Waals surface area (Å²) in [6, 6.07) is 5.53. The molecule has 1 aliphatic heterocycles. The summed E-state index contributed by atoms with van der Waals surface area (Å²) in [5, 5.41) is 12.5. The van der Waals surface area contributed by atoms with Crippen LogP contribution in [0.15, 0.2) is 30.6 Å². The molecule has 1 aliphatic carbocycles. The molecule has 1 amide bonds. The Bertz CT molecular complexity index is 776. The predicted molar refractivity (Wildman–Crippen MR) is 114 cm³/mol. The molecule has 0 spiro atoms. The zero-order valence-electron chi connectivity index (χ0n) is 17.9. The van der Waals surface area contributed by atoms with E-state index in [1.807, 2.05) is 24.4 Å². The Labute approximate surface area is 178 Å². The molecule has 0 atom stereocenters. The highest BCUT2D eigenvalue weighted by Gasteiger charge is 2.31. The molecule has 4 rings (SSSR count). The molecule has 2 aliphatic rings. The second kappa shape index (κ2) is 10.0. The second-order valence-electron chi connectivity index (χ2n) is 8.68. The molecule has 0 bridgehead atoms. The van der Waals surface area contributed by atoms with E-state index in [4.69, 9.17) is 4.74 Å². The number of hydrogen-bond donors (Lipinski definition) is 0. The zero-order valence-corrected chi connectivity index (χ0v) is 17.9. The number of likely N-dealkylation sites (tertiary alicyclic amines) is 1. The minimum atomic E-state index is 0.0867. The summed E-state index contributed by atoms with van der Waals surface area (Å²) < 4.78 is 7.68. The third-order valence-electron chi connectivity index (χ3n) is 6.57. The Morgan fingerprint density at radius 2 is 1.90 bits per heavy atom. The van der Waals surface area contributed by atoms with Crippen molar-refractivity contribution in [1.82, 2.24) is 24.9 Å². The van der Waals surface area contributed by atoms with Gasteiger partial charge in [-0.15, -0.1) is 10.2 Å². The maximum absolute atomic E-state index is 12.9. The van der Waals surface area contributed by atoms with E-state index in [9.17, 15) is 4.79 Å². The summed E-state index contributed by atoms with van der Waals surface area (Å²) in [4.78, 5) is 15.0. The summed E-state index contributed by atoms with van der Waals surface area (Å²) in [6.07, 6.45) is 13.9. The molecule has 1 saturated heterocycles. The normalized spacial score (nSPS) is 22.8. The minimum absolute atomic E-state index is 0.0867. The van der Waals surface area contributed by atoms with E-state index in [1.165, 1.54) is 32.1 Å². The number of nitrogens with zero attached hydrogens (tertiary/aromatic N) is 5. The fourth-order valence-corrected chi connectivity index (χ4v) is 4.72. The van der Waals surface area contributed by atoms with E-state index in [1.54, 1.807) is 10.9 Å². The Morgan fingerprint density at radius 3 is 2.53 bits per heavy atom. The first-order chi connectivity index (χ1) is 14.7. The van der Waals surface area contributed by atoms with E-state index < -0.39 is 0 Å². The zero-order chi connectivity index (χ0) is 20.8. The molecule has 2 fully saturated rings. The molecule has 0 aromatic carbocycles. The van der Waals surface area contributed by atoms with Gasteiger partial charge in [-0.25, -0.2) is 4.68 Å². The highest BCUT2D eigenvalue weighted by atomic mass is 16.5. The van der Waals surface area contributed by atoms with Crippen LogP contribution in [0.1, 0.15) is 64.7 Å². The predicted octanol–water partition coefficient (Wildman–Crippen LogP) is 4.03. The van der Waals surface area contributed by atoms with Gasteiger partial charge in [0.05, 0.1) is 0 Å². The monoisotopic (exact) mass is 411 g/mol. The maximum Gasteiger partial charge on any atom is 0.233 e. The molecular formula is C23H33N5O2. The van der Waals surface area contributed by atoms with Gasteiger partial charge in [-0.3, -0.25) is 4.79 Å². The third-order valence-corrected chi connectivity index (χ3v) is 6.57. The fourth-order valence-electron chi connectivity index (χ4n) is 4.72. The first-order valence-electron chi connectivity index (χ1n) is 11.5. The first-order valence-corrected chi connectivity index (χ1v) is 11.5. The van der Waals surface area contributed by atoms with Gasteiger partial charge >= 0.3 is 0 Å². The van der Waals surface area contributed by atoms with Crippen LogP contribution in [0, 0.1) is 11.8 Å². The van der Waals surface area contributed by atoms with Gasteiger partial charge < -0.3 is 9.64 Å². The average Bonchev–Trinajstić information content (AvgIpc) is 3.34. The molecule has 0 unspecified atom stereocenters. The van der Waals surface area contributed by atoms with Crippen LogP contribution in [0.25, 0.3) is 5.82 Å². The molecule has 1 saturated carbocycles. The Kier molecular flexibility index (Phi) is 6.97. The highest BCUT2D eigenvalue weighted by molar-refractivity contribution is 5.79. The second-order valence-corrected chi connectivity index (χ2v) is 8.68. The highest BCUT2D eigenvalue weighted by Crippen LogP contribution is 2.33. The lowest BCUT2D eigenvalue weighted by Gasteiger charge is -2.36. The number of aromatic nitrogens is 4. The van der Waals surface area contributed by atoms with Crippen LogP contribution >= 0.6 is 0 Å². The van der Waals surface area contributed by atoms with Gasteiger partial charge in [-0.1, -0.05) is 26.2 Å². The Balaban J connectivity index is 1.21. The Hall–Kier alpha value is -2.44. The number of rotatable bonds is 7. The van der Waals surface area contributed by atoms with E-state index in [-0.39, 0.29) is 12.0 Å². The van der Waals surface area contributed by atoms with Crippen molar-refractivity contribution in [3.05, 3.63) is 30.6 Å². The molecule has 2 aromatic rings. The van der Waals surface area contributed by atoms with Crippen molar-refractivity contribution >= 4 is 5.91 Å². The number of piperidine rings is 1. The van der Waals surface area contributed by atoms with Crippen molar-refractivity contribution in [3.8, 4) is 11.7 Å². The summed E-state index contributed by atoms with van der Waals surface area (Å²) in [6.45, 7) is 3.81. The summed E-state index contributed by atoms with van der Waals surface area (Å²) in [5.41, 5.74) is 0. The van der Waals surface area contributed by atoms with E-state index in [0.29, 0.717) is 17.6 Å². The number of unbranched alkanes of at least 4 members (excludes halogenated alkanes) is 1. The average molecular weight is 412 g/mol. The SMILES string of the molecule is CCCCC1CCC(C(=O)N2CCC(Oc3ccc(-n4cccn4)nn3)CC2)CC1. The Morgan fingerprint density at radius 1 is 1.10 bits per heavy atom. The molecule has 3 heterocycles. The van der Waals surface area contributed by atoms with Crippen LogP contribution in [-0.4, -0.2) is 50.0 Å². The fraction of sp³-hybridized carbons (Fsp3) is 0.652. The van der Waals surface area contributed by atoms with Crippen molar-refractivity contribution in [2.75, 3.05) is 13.1 Å². The van der Waals surface area contributed by atoms with Crippen LogP contribution in [0.5, 0.6) is 5.88 Å². The van der Waals surface area contributed by atoms with Crippen molar-refractivity contribution in [3.63, 3.8) is 0 Å². The lowest BCUT2D eigenvalue weighted by atomic mass is 9.79. The molecular weight excluding hydrogens is 378 g/mol. The number of hydrogen-bond acceptors (Lipinski definition) is 5. The molecule has 0 N–H and O–H groups in total. The van der Waals surface area contributed by atoms with Gasteiger partial charge in [0.1, 0.15) is 6.10 Å². The minimum Gasteiger partial charge on any atom is -0.473 e. The molecule has 7 nitrogen and oxygen atoms in total. The van der Waals surface area contributed by atoms with Crippen LogP contribution < -0.4 is 4.74 Å². The van der Waals surface area contributed by atoms with Gasteiger partial charge in [0.15, 0.2) is 5.82 Å². The van der Waals surface area contributed by atoms with Crippen LogP contribution in [0.4, 0.5) is 0 Å². The van der Waals surface area contributed by atoms with Gasteiger partial charge in [0.2, 0.25) is 11.8 Å². The van der Waals surface area contributed by atoms with Crippen LogP contribution in [-0.2, 0) is 4.79 Å². The number of carbonyl (C=O) groups is 1. The summed E-state index contributed by atoms with van der Waals surface area (Å²) in [7, 11) is 0. The smallest absolute Gasteiger partial charge is 0.233 e. The van der Waals surface area contributed by atoms with Gasteiger partial charge in [0.25, 0.3) is 0 Å². The van der Waals surface area contributed by atoms with Crippen molar-refractivity contribution < 1.29 is 9.53 Å². The van der Waals surface area contributed by atoms with Gasteiger partial charge in [-0.2, -0.15) is 5.10 Å². The van der Waals surface area contributed by atoms with Gasteiger partial charge in [0, 0.05) is 50.3 Å². The number of ether oxygens (including phenoxy) is 1. The summed E-state index contributed by atoms with van der Waals surface area (Å²) >= 11 is 0. The third kappa shape index (κ3) is 5.18. The lowest BCUT2D eigenvalue weighted by Crippen LogP contribution is -2.45. The molecule has 162 valence electrons. The van der Waals surface area contributed by atoms with Crippen LogP contribution in [0.2, 0.25) is 0 Å². The lowest BCUT2D eigenvalue weighted by molar-refractivity contribution is -0.138. The quantitative estimate of drug-likeness (QED) is 0.688. The largest absolute Gasteiger partial charge is 0.473 e. The molecule has 30 heavy (non-hydrogen) atoms. The molecule has 0 radical (unpaired) electrons. The van der Waals surface area contributed by atoms with Gasteiger partial charge in [-0.05, 0) is 43.7 Å². The van der Waals surface area contributed by atoms with Crippen LogP contribution in [0.3, 0.4) is 0 Å². The molecule has 2 aromatic heterocycles. The number of amides is 1. The molecule has 7 heteroatoms. The van der Waals surface area contributed by atoms with Crippen molar-refractivity contribution in [1.29, 1.82) is 0 Å². The van der Waals surface area contributed by atoms with E-state index in [0.717, 1.165) is 44.7 Å². The first kappa shape index (κ1) is 20.8. The van der Waals surface area contributed by atoms with Crippen molar-refractivity contribution in [2.45, 2.75) is 70.8 Å². The topological polar surface area (TPSA) is 73.1 Å². The maximum atomic E-state index is 12.9. The number of carbonyl (C=O) groups excluding carboxylic acids is 1.